The van der Waals surface area contributed by atoms with Gasteiger partial charge in [-0.3, -0.25) is 9.69 Å². The summed E-state index contributed by atoms with van der Waals surface area (Å²) in [6.45, 7) is 2.57. The lowest BCUT2D eigenvalue weighted by molar-refractivity contribution is -0.119. The number of fused-ring (bicyclic) bond motifs is 1. The Morgan fingerprint density at radius 2 is 2.28 bits per heavy atom. The third-order valence-electron chi connectivity index (χ3n) is 3.24. The molecule has 1 heterocycles. The SMILES string of the molecule is CNCc1ccc2c(c1)CCC(=O)N2C(C)C#N. The van der Waals surface area contributed by atoms with Gasteiger partial charge in [-0.05, 0) is 37.6 Å². The predicted molar refractivity (Wildman–Crippen MR) is 70.1 cm³/mol. The molecule has 0 bridgehead atoms. The Hall–Kier alpha value is -1.86. The summed E-state index contributed by atoms with van der Waals surface area (Å²) in [6.07, 6.45) is 1.25. The van der Waals surface area contributed by atoms with Gasteiger partial charge in [0.05, 0.1) is 6.07 Å². The topological polar surface area (TPSA) is 56.1 Å². The third-order valence-corrected chi connectivity index (χ3v) is 3.24. The normalized spacial score (nSPS) is 16.1. The van der Waals surface area contributed by atoms with Gasteiger partial charge in [-0.15, -0.1) is 0 Å². The van der Waals surface area contributed by atoms with Crippen molar-refractivity contribution in [3.05, 3.63) is 29.3 Å². The van der Waals surface area contributed by atoms with E-state index in [-0.39, 0.29) is 5.91 Å². The van der Waals surface area contributed by atoms with E-state index < -0.39 is 6.04 Å². The summed E-state index contributed by atoms with van der Waals surface area (Å²) in [5.41, 5.74) is 3.25. The van der Waals surface area contributed by atoms with E-state index >= 15 is 0 Å². The van der Waals surface area contributed by atoms with Crippen LogP contribution in [0.4, 0.5) is 5.69 Å². The van der Waals surface area contributed by atoms with E-state index in [0.29, 0.717) is 6.42 Å². The maximum Gasteiger partial charge on any atom is 0.228 e. The van der Waals surface area contributed by atoms with Gasteiger partial charge in [-0.25, -0.2) is 0 Å². The molecule has 0 aromatic heterocycles. The van der Waals surface area contributed by atoms with Crippen molar-refractivity contribution >= 4 is 11.6 Å². The minimum atomic E-state index is -0.410. The van der Waals surface area contributed by atoms with Crippen LogP contribution in [-0.4, -0.2) is 19.0 Å². The Morgan fingerprint density at radius 1 is 1.50 bits per heavy atom. The summed E-state index contributed by atoms with van der Waals surface area (Å²) in [6, 6.07) is 7.80. The van der Waals surface area contributed by atoms with E-state index in [1.54, 1.807) is 11.8 Å². The fourth-order valence-corrected chi connectivity index (χ4v) is 2.37. The van der Waals surface area contributed by atoms with Crippen LogP contribution in [0.1, 0.15) is 24.5 Å². The van der Waals surface area contributed by atoms with E-state index in [0.717, 1.165) is 24.2 Å². The van der Waals surface area contributed by atoms with Crippen molar-refractivity contribution in [2.75, 3.05) is 11.9 Å². The van der Waals surface area contributed by atoms with E-state index in [1.807, 2.05) is 19.2 Å². The van der Waals surface area contributed by atoms with Crippen LogP contribution in [-0.2, 0) is 17.8 Å². The molecule has 0 spiro atoms. The van der Waals surface area contributed by atoms with Gasteiger partial charge in [-0.1, -0.05) is 12.1 Å². The average molecular weight is 243 g/mol. The Labute approximate surface area is 107 Å². The van der Waals surface area contributed by atoms with Crippen molar-refractivity contribution in [2.24, 2.45) is 0 Å². The van der Waals surface area contributed by atoms with Crippen LogP contribution >= 0.6 is 0 Å². The number of hydrogen-bond acceptors (Lipinski definition) is 3. The molecule has 4 heteroatoms. The highest BCUT2D eigenvalue weighted by Crippen LogP contribution is 2.30. The summed E-state index contributed by atoms with van der Waals surface area (Å²) in [4.78, 5) is 13.5. The lowest BCUT2D eigenvalue weighted by Crippen LogP contribution is -2.41. The van der Waals surface area contributed by atoms with Crippen LogP contribution in [0.3, 0.4) is 0 Å². The number of nitriles is 1. The third kappa shape index (κ3) is 2.22. The highest BCUT2D eigenvalue weighted by atomic mass is 16.2. The van der Waals surface area contributed by atoms with Crippen LogP contribution in [0.25, 0.3) is 0 Å². The number of nitrogens with zero attached hydrogens (tertiary/aromatic N) is 2. The standard InChI is InChI=1S/C14H17N3O/c1-10(8-15)17-13-5-3-11(9-16-2)7-12(13)4-6-14(17)18/h3,5,7,10,16H,4,6,9H2,1-2H3. The highest BCUT2D eigenvalue weighted by molar-refractivity contribution is 5.97. The van der Waals surface area contributed by atoms with E-state index in [4.69, 9.17) is 5.26 Å². The molecule has 1 aliphatic rings. The molecular weight excluding hydrogens is 226 g/mol. The van der Waals surface area contributed by atoms with E-state index in [1.165, 1.54) is 5.56 Å². The molecule has 18 heavy (non-hydrogen) atoms. The number of carbonyl (C=O) groups is 1. The second kappa shape index (κ2) is 5.19. The molecule has 4 nitrogen and oxygen atoms in total. The summed E-state index contributed by atoms with van der Waals surface area (Å²) >= 11 is 0. The molecule has 0 saturated heterocycles. The largest absolute Gasteiger partial charge is 0.316 e. The first-order valence-electron chi connectivity index (χ1n) is 6.15. The molecule has 1 unspecified atom stereocenters. The smallest absolute Gasteiger partial charge is 0.228 e. The van der Waals surface area contributed by atoms with Crippen molar-refractivity contribution < 1.29 is 4.79 Å². The van der Waals surface area contributed by atoms with Gasteiger partial charge in [0.25, 0.3) is 0 Å². The molecule has 0 fully saturated rings. The number of nitrogens with one attached hydrogen (secondary N) is 1. The van der Waals surface area contributed by atoms with Crippen LogP contribution < -0.4 is 10.2 Å². The molecule has 2 rings (SSSR count). The van der Waals surface area contributed by atoms with Gasteiger partial charge in [0.15, 0.2) is 0 Å². The number of rotatable bonds is 3. The number of aryl methyl sites for hydroxylation is 1. The second-order valence-corrected chi connectivity index (χ2v) is 4.56. The molecule has 1 atom stereocenters. The number of anilines is 1. The molecule has 0 radical (unpaired) electrons. The molecule has 94 valence electrons. The molecule has 1 N–H and O–H groups in total. The lowest BCUT2D eigenvalue weighted by atomic mass is 9.97. The molecule has 1 aromatic carbocycles. The fourth-order valence-electron chi connectivity index (χ4n) is 2.37. The lowest BCUT2D eigenvalue weighted by Gasteiger charge is -2.31. The Kier molecular flexibility index (Phi) is 3.63. The van der Waals surface area contributed by atoms with Gasteiger partial charge in [0.1, 0.15) is 6.04 Å². The summed E-state index contributed by atoms with van der Waals surface area (Å²) < 4.78 is 0. The fraction of sp³-hybridized carbons (Fsp3) is 0.429. The molecular formula is C14H17N3O. The average Bonchev–Trinajstić information content (AvgIpc) is 2.38. The first kappa shape index (κ1) is 12.6. The Balaban J connectivity index is 2.39. The highest BCUT2D eigenvalue weighted by Gasteiger charge is 2.28. The van der Waals surface area contributed by atoms with Gasteiger partial charge in [0.2, 0.25) is 5.91 Å². The summed E-state index contributed by atoms with van der Waals surface area (Å²) in [7, 11) is 1.91. The molecule has 1 aromatic rings. The van der Waals surface area contributed by atoms with Crippen molar-refractivity contribution in [1.82, 2.24) is 5.32 Å². The predicted octanol–water partition coefficient (Wildman–Crippen LogP) is 1.60. The minimum absolute atomic E-state index is 0.0397. The number of benzene rings is 1. The quantitative estimate of drug-likeness (QED) is 0.877. The van der Waals surface area contributed by atoms with E-state index in [2.05, 4.69) is 17.5 Å². The zero-order valence-corrected chi connectivity index (χ0v) is 10.7. The number of hydrogen-bond donors (Lipinski definition) is 1. The van der Waals surface area contributed by atoms with Crippen molar-refractivity contribution in [2.45, 2.75) is 32.4 Å². The van der Waals surface area contributed by atoms with Gasteiger partial charge >= 0.3 is 0 Å². The molecule has 1 amide bonds. The Bertz CT molecular complexity index is 504. The van der Waals surface area contributed by atoms with Crippen LogP contribution in [0.15, 0.2) is 18.2 Å². The van der Waals surface area contributed by atoms with Crippen molar-refractivity contribution in [3.8, 4) is 6.07 Å². The van der Waals surface area contributed by atoms with Crippen LogP contribution in [0, 0.1) is 11.3 Å². The first-order chi connectivity index (χ1) is 8.67. The van der Waals surface area contributed by atoms with Gasteiger partial charge < -0.3 is 5.32 Å². The summed E-state index contributed by atoms with van der Waals surface area (Å²) in [5.74, 6) is 0.0397. The van der Waals surface area contributed by atoms with Crippen LogP contribution in [0.2, 0.25) is 0 Å². The number of carbonyl (C=O) groups excluding carboxylic acids is 1. The molecule has 0 saturated carbocycles. The number of amides is 1. The van der Waals surface area contributed by atoms with Gasteiger partial charge in [0, 0.05) is 18.7 Å². The van der Waals surface area contributed by atoms with Crippen LogP contribution in [0.5, 0.6) is 0 Å². The second-order valence-electron chi connectivity index (χ2n) is 4.56. The van der Waals surface area contributed by atoms with Gasteiger partial charge in [-0.2, -0.15) is 5.26 Å². The van der Waals surface area contributed by atoms with E-state index in [9.17, 15) is 4.79 Å². The minimum Gasteiger partial charge on any atom is -0.316 e. The molecule has 1 aliphatic heterocycles. The zero-order chi connectivity index (χ0) is 13.1. The summed E-state index contributed by atoms with van der Waals surface area (Å²) in [5, 5.41) is 12.1. The maximum absolute atomic E-state index is 11.9. The van der Waals surface area contributed by atoms with Crippen molar-refractivity contribution in [1.29, 1.82) is 5.26 Å². The zero-order valence-electron chi connectivity index (χ0n) is 10.7. The molecule has 0 aliphatic carbocycles. The Morgan fingerprint density at radius 3 is 2.94 bits per heavy atom. The maximum atomic E-state index is 11.9. The van der Waals surface area contributed by atoms with Crippen molar-refractivity contribution in [3.63, 3.8) is 0 Å². The first-order valence-corrected chi connectivity index (χ1v) is 6.15. The monoisotopic (exact) mass is 243 g/mol.